The lowest BCUT2D eigenvalue weighted by Gasteiger charge is -2.39. The van der Waals surface area contributed by atoms with Gasteiger partial charge >= 0.3 is 0 Å². The third-order valence-electron chi connectivity index (χ3n) is 2.47. The molecule has 2 nitrogen and oxygen atoms in total. The van der Waals surface area contributed by atoms with E-state index in [0.717, 1.165) is 13.1 Å². The molecule has 1 aliphatic rings. The fraction of sp³-hybridized carbons (Fsp3) is 0.400. The summed E-state index contributed by atoms with van der Waals surface area (Å²) >= 11 is 0. The molecule has 0 saturated carbocycles. The Kier molecular flexibility index (Phi) is 2.96. The first kappa shape index (κ1) is 10.5. The maximum atomic E-state index is 6.13. The topological polar surface area (TPSA) is 38.0 Å². The molecule has 13 heavy (non-hydrogen) atoms. The lowest BCUT2D eigenvalue weighted by molar-refractivity contribution is 0.287. The second-order valence-electron chi connectivity index (χ2n) is 3.63. The Morgan fingerprint density at radius 2 is 2.08 bits per heavy atom. The normalized spacial score (nSPS) is 18.6. The second-order valence-corrected chi connectivity index (χ2v) is 3.63. The maximum absolute atomic E-state index is 6.13. The number of rotatable bonds is 1. The number of nitrogens with two attached hydrogens (primary N) is 1. The Bertz CT molecular complexity index is 295. The van der Waals surface area contributed by atoms with Crippen molar-refractivity contribution in [3.8, 4) is 0 Å². The molecular weight excluding hydrogens is 184 g/mol. The zero-order chi connectivity index (χ0) is 8.60. The standard InChI is InChI=1S/C10H14N2.ClH/c1-8-3-2-4-9(5-8)10(11)6-12-7-10;/h2-5,12H,6-7,11H2,1H3;1H. The average Bonchev–Trinajstić information content (AvgIpc) is 2.00. The van der Waals surface area contributed by atoms with Gasteiger partial charge in [0.05, 0.1) is 5.54 Å². The van der Waals surface area contributed by atoms with E-state index in [1.807, 2.05) is 0 Å². The van der Waals surface area contributed by atoms with E-state index in [2.05, 4.69) is 36.5 Å². The van der Waals surface area contributed by atoms with E-state index in [-0.39, 0.29) is 17.9 Å². The van der Waals surface area contributed by atoms with Crippen LogP contribution < -0.4 is 11.1 Å². The number of hydrogen-bond donors (Lipinski definition) is 2. The van der Waals surface area contributed by atoms with Gasteiger partial charge in [-0.2, -0.15) is 0 Å². The summed E-state index contributed by atoms with van der Waals surface area (Å²) in [5, 5.41) is 3.19. The van der Waals surface area contributed by atoms with Crippen LogP contribution in [0.15, 0.2) is 24.3 Å². The van der Waals surface area contributed by atoms with E-state index in [1.54, 1.807) is 0 Å². The highest BCUT2D eigenvalue weighted by Gasteiger charge is 2.33. The molecule has 0 atom stereocenters. The van der Waals surface area contributed by atoms with E-state index in [1.165, 1.54) is 11.1 Å². The van der Waals surface area contributed by atoms with Gasteiger partial charge in [0.25, 0.3) is 0 Å². The van der Waals surface area contributed by atoms with E-state index in [0.29, 0.717) is 0 Å². The molecule has 1 aromatic rings. The van der Waals surface area contributed by atoms with Gasteiger partial charge in [0.15, 0.2) is 0 Å². The quantitative estimate of drug-likeness (QED) is 0.711. The average molecular weight is 199 g/mol. The van der Waals surface area contributed by atoms with Gasteiger partial charge in [-0.1, -0.05) is 29.8 Å². The highest BCUT2D eigenvalue weighted by atomic mass is 35.5. The molecule has 2 rings (SSSR count). The molecule has 0 aromatic heterocycles. The van der Waals surface area contributed by atoms with Gasteiger partial charge in [-0.25, -0.2) is 0 Å². The summed E-state index contributed by atoms with van der Waals surface area (Å²) in [7, 11) is 0. The number of nitrogens with one attached hydrogen (secondary N) is 1. The zero-order valence-electron chi connectivity index (χ0n) is 7.71. The molecule has 1 aromatic carbocycles. The van der Waals surface area contributed by atoms with Crippen molar-refractivity contribution in [1.82, 2.24) is 5.32 Å². The van der Waals surface area contributed by atoms with E-state index in [9.17, 15) is 0 Å². The minimum Gasteiger partial charge on any atom is -0.319 e. The highest BCUT2D eigenvalue weighted by molar-refractivity contribution is 5.85. The van der Waals surface area contributed by atoms with Crippen LogP contribution in [0.3, 0.4) is 0 Å². The molecule has 0 spiro atoms. The third-order valence-corrected chi connectivity index (χ3v) is 2.47. The van der Waals surface area contributed by atoms with Gasteiger partial charge in [0, 0.05) is 13.1 Å². The Hall–Kier alpha value is -0.570. The molecule has 1 fully saturated rings. The third kappa shape index (κ3) is 1.85. The van der Waals surface area contributed by atoms with Crippen LogP contribution in [0.2, 0.25) is 0 Å². The molecule has 1 saturated heterocycles. The van der Waals surface area contributed by atoms with Crippen LogP contribution in [-0.2, 0) is 5.54 Å². The van der Waals surface area contributed by atoms with Crippen molar-refractivity contribution in [3.63, 3.8) is 0 Å². The van der Waals surface area contributed by atoms with Crippen molar-refractivity contribution in [2.24, 2.45) is 5.73 Å². The van der Waals surface area contributed by atoms with Gasteiger partial charge in [0.1, 0.15) is 0 Å². The first-order chi connectivity index (χ1) is 5.71. The predicted octanol–water partition coefficient (Wildman–Crippen LogP) is 1.17. The molecule has 0 radical (unpaired) electrons. The van der Waals surface area contributed by atoms with E-state index < -0.39 is 0 Å². The fourth-order valence-electron chi connectivity index (χ4n) is 1.55. The Balaban J connectivity index is 0.000000845. The number of hydrogen-bond acceptors (Lipinski definition) is 2. The fourth-order valence-corrected chi connectivity index (χ4v) is 1.55. The van der Waals surface area contributed by atoms with Crippen LogP contribution in [0.4, 0.5) is 0 Å². The van der Waals surface area contributed by atoms with Crippen molar-refractivity contribution in [2.75, 3.05) is 13.1 Å². The van der Waals surface area contributed by atoms with Crippen molar-refractivity contribution < 1.29 is 0 Å². The number of benzene rings is 1. The number of aryl methyl sites for hydroxylation is 1. The van der Waals surface area contributed by atoms with Crippen LogP contribution in [0.1, 0.15) is 11.1 Å². The maximum Gasteiger partial charge on any atom is 0.0662 e. The summed E-state index contributed by atoms with van der Waals surface area (Å²) in [5.41, 5.74) is 8.56. The van der Waals surface area contributed by atoms with Crippen LogP contribution in [0, 0.1) is 6.92 Å². The molecule has 3 N–H and O–H groups in total. The zero-order valence-corrected chi connectivity index (χ0v) is 8.53. The molecule has 0 amide bonds. The van der Waals surface area contributed by atoms with Gasteiger partial charge in [0.2, 0.25) is 0 Å². The minimum absolute atomic E-state index is 0. The summed E-state index contributed by atoms with van der Waals surface area (Å²) in [5.74, 6) is 0. The number of halogens is 1. The summed E-state index contributed by atoms with van der Waals surface area (Å²) in [4.78, 5) is 0. The minimum atomic E-state index is -0.105. The van der Waals surface area contributed by atoms with E-state index >= 15 is 0 Å². The highest BCUT2D eigenvalue weighted by Crippen LogP contribution is 2.22. The SMILES string of the molecule is Cc1cccc(C2(N)CNC2)c1.Cl. The smallest absolute Gasteiger partial charge is 0.0662 e. The van der Waals surface area contributed by atoms with Crippen LogP contribution in [0.25, 0.3) is 0 Å². The van der Waals surface area contributed by atoms with Gasteiger partial charge in [-0.15, -0.1) is 12.4 Å². The first-order valence-corrected chi connectivity index (χ1v) is 4.27. The summed E-state index contributed by atoms with van der Waals surface area (Å²) in [6.07, 6.45) is 0. The van der Waals surface area contributed by atoms with Gasteiger partial charge in [-0.05, 0) is 12.5 Å². The molecule has 72 valence electrons. The molecule has 1 heterocycles. The monoisotopic (exact) mass is 198 g/mol. The van der Waals surface area contributed by atoms with Crippen LogP contribution in [-0.4, -0.2) is 13.1 Å². The molecular formula is C10H15ClN2. The van der Waals surface area contributed by atoms with Gasteiger partial charge < -0.3 is 11.1 Å². The van der Waals surface area contributed by atoms with Gasteiger partial charge in [-0.3, -0.25) is 0 Å². The molecule has 1 aliphatic heterocycles. The lowest BCUT2D eigenvalue weighted by atomic mass is 9.85. The summed E-state index contributed by atoms with van der Waals surface area (Å²) in [6, 6.07) is 8.44. The van der Waals surface area contributed by atoms with Crippen molar-refractivity contribution in [3.05, 3.63) is 35.4 Å². The van der Waals surface area contributed by atoms with Crippen LogP contribution in [0.5, 0.6) is 0 Å². The first-order valence-electron chi connectivity index (χ1n) is 4.27. The largest absolute Gasteiger partial charge is 0.319 e. The summed E-state index contributed by atoms with van der Waals surface area (Å²) in [6.45, 7) is 3.89. The second kappa shape index (κ2) is 3.66. The van der Waals surface area contributed by atoms with Crippen molar-refractivity contribution >= 4 is 12.4 Å². The van der Waals surface area contributed by atoms with E-state index in [4.69, 9.17) is 5.73 Å². The molecule has 0 aliphatic carbocycles. The Morgan fingerprint density at radius 1 is 1.38 bits per heavy atom. The lowest BCUT2D eigenvalue weighted by Crippen LogP contribution is -2.62. The van der Waals surface area contributed by atoms with Crippen molar-refractivity contribution in [2.45, 2.75) is 12.5 Å². The molecule has 0 bridgehead atoms. The van der Waals surface area contributed by atoms with Crippen LogP contribution >= 0.6 is 12.4 Å². The Labute approximate surface area is 84.9 Å². The molecule has 0 unspecified atom stereocenters. The molecule has 3 heteroatoms. The predicted molar refractivity (Wildman–Crippen MR) is 57.2 cm³/mol. The summed E-state index contributed by atoms with van der Waals surface area (Å²) < 4.78 is 0. The Morgan fingerprint density at radius 3 is 2.54 bits per heavy atom. The van der Waals surface area contributed by atoms with Crippen molar-refractivity contribution in [1.29, 1.82) is 0 Å².